The largest absolute Gasteiger partial charge is 0.366 e. The van der Waals surface area contributed by atoms with E-state index in [9.17, 15) is 9.59 Å². The number of carbonyl (C=O) groups is 2. The normalized spacial score (nSPS) is 16.1. The van der Waals surface area contributed by atoms with E-state index in [4.69, 9.17) is 11.5 Å². The van der Waals surface area contributed by atoms with Gasteiger partial charge in [-0.3, -0.25) is 9.59 Å². The van der Waals surface area contributed by atoms with E-state index in [0.717, 1.165) is 12.8 Å². The van der Waals surface area contributed by atoms with Gasteiger partial charge in [0, 0.05) is 23.7 Å². The van der Waals surface area contributed by atoms with E-state index in [1.807, 2.05) is 0 Å². The fourth-order valence-electron chi connectivity index (χ4n) is 1.79. The van der Waals surface area contributed by atoms with E-state index in [2.05, 4.69) is 5.32 Å². The summed E-state index contributed by atoms with van der Waals surface area (Å²) >= 11 is 0. The number of amides is 2. The molecule has 0 bridgehead atoms. The van der Waals surface area contributed by atoms with Crippen molar-refractivity contribution in [1.29, 1.82) is 0 Å². The molecule has 0 aliphatic heterocycles. The first-order valence-electron chi connectivity index (χ1n) is 6.01. The second-order valence-electron chi connectivity index (χ2n) is 4.65. The Morgan fingerprint density at radius 2 is 1.78 bits per heavy atom. The van der Waals surface area contributed by atoms with E-state index in [1.54, 1.807) is 12.1 Å². The molecule has 1 aliphatic carbocycles. The Morgan fingerprint density at radius 1 is 1.22 bits per heavy atom. The van der Waals surface area contributed by atoms with Gasteiger partial charge in [-0.1, -0.05) is 0 Å². The van der Waals surface area contributed by atoms with Crippen LogP contribution in [0.2, 0.25) is 0 Å². The van der Waals surface area contributed by atoms with Gasteiger partial charge in [0.15, 0.2) is 0 Å². The van der Waals surface area contributed by atoms with Crippen LogP contribution in [-0.4, -0.2) is 24.4 Å². The Hall–Kier alpha value is -1.88. The summed E-state index contributed by atoms with van der Waals surface area (Å²) in [4.78, 5) is 22.7. The number of hydrogen-bond acceptors (Lipinski definition) is 3. The van der Waals surface area contributed by atoms with Crippen LogP contribution in [0.5, 0.6) is 0 Å². The molecule has 1 fully saturated rings. The first-order valence-corrected chi connectivity index (χ1v) is 6.01. The molecule has 0 aromatic heterocycles. The molecule has 0 spiro atoms. The zero-order chi connectivity index (χ0) is 13.1. The van der Waals surface area contributed by atoms with Crippen molar-refractivity contribution in [2.45, 2.75) is 18.9 Å². The highest BCUT2D eigenvalue weighted by Crippen LogP contribution is 2.31. The van der Waals surface area contributed by atoms with Gasteiger partial charge >= 0.3 is 0 Å². The molecule has 1 atom stereocenters. The van der Waals surface area contributed by atoms with Crippen LogP contribution >= 0.6 is 0 Å². The zero-order valence-corrected chi connectivity index (χ0v) is 10.1. The van der Waals surface area contributed by atoms with E-state index in [1.165, 1.54) is 12.1 Å². The van der Waals surface area contributed by atoms with Crippen molar-refractivity contribution in [2.75, 3.05) is 6.54 Å². The van der Waals surface area contributed by atoms with E-state index in [0.29, 0.717) is 23.6 Å². The number of hydrogen-bond donors (Lipinski definition) is 3. The lowest BCUT2D eigenvalue weighted by Crippen LogP contribution is -2.38. The van der Waals surface area contributed by atoms with Crippen molar-refractivity contribution >= 4 is 11.8 Å². The van der Waals surface area contributed by atoms with Crippen LogP contribution in [-0.2, 0) is 0 Å². The van der Waals surface area contributed by atoms with Crippen LogP contribution in [0.1, 0.15) is 33.6 Å². The number of nitrogens with one attached hydrogen (secondary N) is 1. The van der Waals surface area contributed by atoms with Crippen molar-refractivity contribution < 1.29 is 9.59 Å². The number of benzene rings is 1. The molecular formula is C13H17N3O2. The zero-order valence-electron chi connectivity index (χ0n) is 10.1. The minimum atomic E-state index is -0.502. The van der Waals surface area contributed by atoms with E-state index < -0.39 is 5.91 Å². The highest BCUT2D eigenvalue weighted by atomic mass is 16.2. The summed E-state index contributed by atoms with van der Waals surface area (Å²) < 4.78 is 0. The lowest BCUT2D eigenvalue weighted by atomic mass is 10.1. The van der Waals surface area contributed by atoms with Crippen molar-refractivity contribution in [3.05, 3.63) is 35.4 Å². The van der Waals surface area contributed by atoms with Crippen molar-refractivity contribution in [2.24, 2.45) is 17.4 Å². The van der Waals surface area contributed by atoms with Crippen molar-refractivity contribution in [1.82, 2.24) is 5.32 Å². The number of primary amides is 1. The summed E-state index contributed by atoms with van der Waals surface area (Å²) in [6.45, 7) is 0.487. The summed E-state index contributed by atoms with van der Waals surface area (Å²) in [6, 6.07) is 6.28. The molecule has 18 heavy (non-hydrogen) atoms. The lowest BCUT2D eigenvalue weighted by Gasteiger charge is -2.11. The maximum atomic E-state index is 11.8. The molecule has 1 aliphatic rings. The molecular weight excluding hydrogens is 230 g/mol. The van der Waals surface area contributed by atoms with Crippen LogP contribution in [0.25, 0.3) is 0 Å². The topological polar surface area (TPSA) is 98.2 Å². The van der Waals surface area contributed by atoms with Crippen LogP contribution in [0, 0.1) is 5.92 Å². The van der Waals surface area contributed by atoms with Crippen LogP contribution < -0.4 is 16.8 Å². The van der Waals surface area contributed by atoms with Gasteiger partial charge in [-0.15, -0.1) is 0 Å². The molecule has 0 saturated heterocycles. The number of carbonyl (C=O) groups excluding carboxylic acids is 2. The minimum Gasteiger partial charge on any atom is -0.366 e. The number of rotatable bonds is 5. The first kappa shape index (κ1) is 12.6. The SMILES string of the molecule is NC(=O)c1ccc(C(=O)NCC(N)C2CC2)cc1. The van der Waals surface area contributed by atoms with Crippen LogP contribution in [0.4, 0.5) is 0 Å². The van der Waals surface area contributed by atoms with Gasteiger partial charge in [-0.25, -0.2) is 0 Å². The van der Waals surface area contributed by atoms with Gasteiger partial charge in [0.05, 0.1) is 0 Å². The highest BCUT2D eigenvalue weighted by Gasteiger charge is 2.28. The Morgan fingerprint density at radius 3 is 2.28 bits per heavy atom. The standard InChI is InChI=1S/C13H17N3O2/c14-11(8-1-2-8)7-16-13(18)10-5-3-9(4-6-10)12(15)17/h3-6,8,11H,1-2,7,14H2,(H2,15,17)(H,16,18). The van der Waals surface area contributed by atoms with Crippen LogP contribution in [0.3, 0.4) is 0 Å². The molecule has 0 heterocycles. The molecule has 0 radical (unpaired) electrons. The molecule has 1 aromatic carbocycles. The Kier molecular flexibility index (Phi) is 3.62. The fourth-order valence-corrected chi connectivity index (χ4v) is 1.79. The molecule has 96 valence electrons. The minimum absolute atomic E-state index is 0.0406. The molecule has 1 aromatic rings. The van der Waals surface area contributed by atoms with E-state index >= 15 is 0 Å². The molecule has 5 nitrogen and oxygen atoms in total. The maximum Gasteiger partial charge on any atom is 0.251 e. The fraction of sp³-hybridized carbons (Fsp3) is 0.385. The summed E-state index contributed by atoms with van der Waals surface area (Å²) in [6.07, 6.45) is 2.31. The Balaban J connectivity index is 1.89. The summed E-state index contributed by atoms with van der Waals surface area (Å²) in [5, 5.41) is 2.79. The second-order valence-corrected chi connectivity index (χ2v) is 4.65. The molecule has 5 heteroatoms. The van der Waals surface area contributed by atoms with Gasteiger partial charge < -0.3 is 16.8 Å². The third-order valence-electron chi connectivity index (χ3n) is 3.16. The van der Waals surface area contributed by atoms with Crippen molar-refractivity contribution in [3.63, 3.8) is 0 Å². The highest BCUT2D eigenvalue weighted by molar-refractivity contribution is 5.97. The van der Waals surface area contributed by atoms with E-state index in [-0.39, 0.29) is 11.9 Å². The Bertz CT molecular complexity index is 452. The molecule has 1 unspecified atom stereocenters. The van der Waals surface area contributed by atoms with Gasteiger partial charge in [0.2, 0.25) is 5.91 Å². The average Bonchev–Trinajstić information content (AvgIpc) is 3.20. The number of nitrogens with two attached hydrogens (primary N) is 2. The molecule has 2 rings (SSSR count). The summed E-state index contributed by atoms with van der Waals surface area (Å²) in [5.74, 6) is -0.123. The quantitative estimate of drug-likeness (QED) is 0.695. The third-order valence-corrected chi connectivity index (χ3v) is 3.16. The molecule has 1 saturated carbocycles. The average molecular weight is 247 g/mol. The lowest BCUT2D eigenvalue weighted by molar-refractivity contribution is 0.0947. The van der Waals surface area contributed by atoms with Gasteiger partial charge in [0.1, 0.15) is 0 Å². The predicted octanol–water partition coefficient (Wildman–Crippen LogP) is 0.253. The summed E-state index contributed by atoms with van der Waals surface area (Å²) in [7, 11) is 0. The molecule has 5 N–H and O–H groups in total. The second kappa shape index (κ2) is 5.18. The monoisotopic (exact) mass is 247 g/mol. The molecule has 2 amide bonds. The maximum absolute atomic E-state index is 11.8. The van der Waals surface area contributed by atoms with Gasteiger partial charge in [-0.05, 0) is 43.0 Å². The van der Waals surface area contributed by atoms with Crippen molar-refractivity contribution in [3.8, 4) is 0 Å². The smallest absolute Gasteiger partial charge is 0.251 e. The van der Waals surface area contributed by atoms with Gasteiger partial charge in [-0.2, -0.15) is 0 Å². The first-order chi connectivity index (χ1) is 8.58. The Labute approximate surface area is 106 Å². The summed E-state index contributed by atoms with van der Waals surface area (Å²) in [5.41, 5.74) is 11.9. The predicted molar refractivity (Wildman–Crippen MR) is 68.0 cm³/mol. The van der Waals surface area contributed by atoms with Crippen LogP contribution in [0.15, 0.2) is 24.3 Å². The van der Waals surface area contributed by atoms with Gasteiger partial charge in [0.25, 0.3) is 5.91 Å². The third kappa shape index (κ3) is 3.07.